The number of nitrogens with one attached hydrogen (secondary N) is 1. The third-order valence-corrected chi connectivity index (χ3v) is 6.62. The third-order valence-electron chi connectivity index (χ3n) is 6.62. The van der Waals surface area contributed by atoms with Crippen molar-refractivity contribution in [3.8, 4) is 0 Å². The van der Waals surface area contributed by atoms with E-state index in [1.807, 2.05) is 24.7 Å². The summed E-state index contributed by atoms with van der Waals surface area (Å²) in [5.41, 5.74) is 1.09. The average Bonchev–Trinajstić information content (AvgIpc) is 3.35. The molecule has 3 unspecified atom stereocenters. The number of halogens is 1. The van der Waals surface area contributed by atoms with Crippen molar-refractivity contribution < 1.29 is 9.13 Å². The molecule has 1 aromatic heterocycles. The van der Waals surface area contributed by atoms with Crippen LogP contribution in [0.25, 0.3) is 0 Å². The molecule has 0 radical (unpaired) electrons. The molecule has 32 heavy (non-hydrogen) atoms. The van der Waals surface area contributed by atoms with Gasteiger partial charge in [0.2, 0.25) is 0 Å². The maximum Gasteiger partial charge on any atom is 0.194 e. The van der Waals surface area contributed by atoms with Gasteiger partial charge in [0.15, 0.2) is 5.96 Å². The first kappa shape index (κ1) is 22.7. The van der Waals surface area contributed by atoms with Gasteiger partial charge in [-0.05, 0) is 37.0 Å². The number of morpholine rings is 1. The molecule has 0 amide bonds. The van der Waals surface area contributed by atoms with Crippen LogP contribution >= 0.6 is 0 Å². The summed E-state index contributed by atoms with van der Waals surface area (Å²) in [5, 5.41) is 3.50. The highest BCUT2D eigenvalue weighted by molar-refractivity contribution is 5.80. The minimum atomic E-state index is -0.209. The largest absolute Gasteiger partial charge is 0.379 e. The van der Waals surface area contributed by atoms with Crippen molar-refractivity contribution in [3.05, 3.63) is 54.4 Å². The number of hydrogen-bond acceptors (Lipinski definition) is 4. The standard InChI is InChI=1S/C24H35FN6O/c1-3-27-24(30-10-8-19(2)23(17-30)31-11-9-26-18-31)28-16-22(29-12-14-32-15-13-29)20-4-6-21(25)7-5-20/h4-7,9,11,18-19,22-23H,3,8,10,12-17H2,1-2H3,(H,27,28). The predicted octanol–water partition coefficient (Wildman–Crippen LogP) is 2.94. The molecule has 0 bridgehead atoms. The Balaban J connectivity index is 1.53. The van der Waals surface area contributed by atoms with Gasteiger partial charge in [0.25, 0.3) is 0 Å². The van der Waals surface area contributed by atoms with Crippen LogP contribution in [-0.4, -0.2) is 77.8 Å². The van der Waals surface area contributed by atoms with Gasteiger partial charge in [0, 0.05) is 45.1 Å². The van der Waals surface area contributed by atoms with Crippen molar-refractivity contribution in [2.75, 3.05) is 52.5 Å². The summed E-state index contributed by atoms with van der Waals surface area (Å²) >= 11 is 0. The summed E-state index contributed by atoms with van der Waals surface area (Å²) in [5.74, 6) is 1.33. The number of imidazole rings is 1. The summed E-state index contributed by atoms with van der Waals surface area (Å²) in [6.45, 7) is 10.9. The Morgan fingerprint density at radius 1 is 1.25 bits per heavy atom. The molecule has 4 rings (SSSR count). The zero-order valence-corrected chi connectivity index (χ0v) is 19.2. The lowest BCUT2D eigenvalue weighted by atomic mass is 9.93. The normalized spacial score (nSPS) is 23.8. The van der Waals surface area contributed by atoms with E-state index in [1.165, 1.54) is 0 Å². The molecule has 2 saturated heterocycles. The molecule has 1 aromatic carbocycles. The summed E-state index contributed by atoms with van der Waals surface area (Å²) in [7, 11) is 0. The molecule has 1 N–H and O–H groups in total. The quantitative estimate of drug-likeness (QED) is 0.551. The minimum Gasteiger partial charge on any atom is -0.379 e. The smallest absolute Gasteiger partial charge is 0.194 e. The number of rotatable bonds is 6. The van der Waals surface area contributed by atoms with E-state index >= 15 is 0 Å². The number of likely N-dealkylation sites (tertiary alicyclic amines) is 1. The molecule has 0 aliphatic carbocycles. The second-order valence-corrected chi connectivity index (χ2v) is 8.70. The van der Waals surface area contributed by atoms with Crippen LogP contribution in [0.3, 0.4) is 0 Å². The van der Waals surface area contributed by atoms with E-state index < -0.39 is 0 Å². The number of hydrogen-bond donors (Lipinski definition) is 1. The SMILES string of the molecule is CCNC(=NCC(c1ccc(F)cc1)N1CCOCC1)N1CCC(C)C(n2ccnc2)C1. The Kier molecular flexibility index (Phi) is 7.76. The van der Waals surface area contributed by atoms with E-state index in [2.05, 4.69) is 44.7 Å². The number of nitrogens with zero attached hydrogens (tertiary/aromatic N) is 5. The van der Waals surface area contributed by atoms with Gasteiger partial charge in [-0.25, -0.2) is 9.37 Å². The molecule has 0 spiro atoms. The van der Waals surface area contributed by atoms with Gasteiger partial charge in [0.05, 0.1) is 38.2 Å². The van der Waals surface area contributed by atoms with Crippen molar-refractivity contribution in [2.24, 2.45) is 10.9 Å². The summed E-state index contributed by atoms with van der Waals surface area (Å²) in [4.78, 5) is 14.1. The number of aromatic nitrogens is 2. The van der Waals surface area contributed by atoms with E-state index in [9.17, 15) is 4.39 Å². The van der Waals surface area contributed by atoms with E-state index in [-0.39, 0.29) is 11.9 Å². The fourth-order valence-corrected chi connectivity index (χ4v) is 4.70. The molecule has 2 fully saturated rings. The van der Waals surface area contributed by atoms with Crippen molar-refractivity contribution >= 4 is 5.96 Å². The van der Waals surface area contributed by atoms with Gasteiger partial charge in [-0.2, -0.15) is 0 Å². The molecule has 2 aromatic rings. The number of piperidine rings is 1. The second kappa shape index (κ2) is 10.9. The zero-order chi connectivity index (χ0) is 22.3. The topological polar surface area (TPSA) is 57.9 Å². The number of benzene rings is 1. The lowest BCUT2D eigenvalue weighted by molar-refractivity contribution is 0.0179. The molecular weight excluding hydrogens is 407 g/mol. The van der Waals surface area contributed by atoms with Gasteiger partial charge in [0.1, 0.15) is 5.82 Å². The number of aliphatic imine (C=N–C) groups is 1. The fraction of sp³-hybridized carbons (Fsp3) is 0.583. The second-order valence-electron chi connectivity index (χ2n) is 8.70. The first-order chi connectivity index (χ1) is 15.7. The van der Waals surface area contributed by atoms with E-state index in [1.54, 1.807) is 12.1 Å². The summed E-state index contributed by atoms with van der Waals surface area (Å²) < 4.78 is 21.3. The summed E-state index contributed by atoms with van der Waals surface area (Å²) in [6, 6.07) is 7.33. The van der Waals surface area contributed by atoms with Crippen LogP contribution in [0.1, 0.15) is 37.9 Å². The maximum atomic E-state index is 13.6. The van der Waals surface area contributed by atoms with Crippen LogP contribution < -0.4 is 5.32 Å². The molecule has 7 nitrogen and oxygen atoms in total. The molecule has 2 aliphatic rings. The van der Waals surface area contributed by atoms with Crippen molar-refractivity contribution in [3.63, 3.8) is 0 Å². The molecule has 3 atom stereocenters. The van der Waals surface area contributed by atoms with Crippen LogP contribution in [0.2, 0.25) is 0 Å². The van der Waals surface area contributed by atoms with Crippen molar-refractivity contribution in [2.45, 2.75) is 32.4 Å². The third kappa shape index (κ3) is 5.48. The van der Waals surface area contributed by atoms with E-state index in [0.717, 1.165) is 63.9 Å². The van der Waals surface area contributed by atoms with Crippen LogP contribution in [0.15, 0.2) is 48.0 Å². The lowest BCUT2D eigenvalue weighted by Gasteiger charge is -2.39. The average molecular weight is 443 g/mol. The molecule has 3 heterocycles. The molecule has 8 heteroatoms. The highest BCUT2D eigenvalue weighted by Gasteiger charge is 2.29. The molecule has 2 aliphatic heterocycles. The van der Waals surface area contributed by atoms with Crippen molar-refractivity contribution in [1.29, 1.82) is 0 Å². The predicted molar refractivity (Wildman–Crippen MR) is 124 cm³/mol. The monoisotopic (exact) mass is 442 g/mol. The zero-order valence-electron chi connectivity index (χ0n) is 19.2. The molecule has 0 saturated carbocycles. The Bertz CT molecular complexity index is 850. The Morgan fingerprint density at radius 2 is 2.03 bits per heavy atom. The Morgan fingerprint density at radius 3 is 2.72 bits per heavy atom. The van der Waals surface area contributed by atoms with Crippen LogP contribution in [0.4, 0.5) is 4.39 Å². The summed E-state index contributed by atoms with van der Waals surface area (Å²) in [6.07, 6.45) is 6.92. The highest BCUT2D eigenvalue weighted by Crippen LogP contribution is 2.28. The first-order valence-corrected chi connectivity index (χ1v) is 11.7. The van der Waals surface area contributed by atoms with Gasteiger partial charge in [-0.15, -0.1) is 0 Å². The van der Waals surface area contributed by atoms with Crippen LogP contribution in [0, 0.1) is 11.7 Å². The highest BCUT2D eigenvalue weighted by atomic mass is 19.1. The first-order valence-electron chi connectivity index (χ1n) is 11.7. The van der Waals surface area contributed by atoms with Gasteiger partial charge in [-0.3, -0.25) is 9.89 Å². The van der Waals surface area contributed by atoms with Crippen LogP contribution in [-0.2, 0) is 4.74 Å². The molecule has 174 valence electrons. The fourth-order valence-electron chi connectivity index (χ4n) is 4.70. The maximum absolute atomic E-state index is 13.6. The molecular formula is C24H35FN6O. The van der Waals surface area contributed by atoms with Crippen LogP contribution in [0.5, 0.6) is 0 Å². The number of ether oxygens (including phenoxy) is 1. The van der Waals surface area contributed by atoms with Crippen molar-refractivity contribution in [1.82, 2.24) is 24.7 Å². The van der Waals surface area contributed by atoms with Gasteiger partial charge < -0.3 is 19.5 Å². The lowest BCUT2D eigenvalue weighted by Crippen LogP contribution is -2.49. The Labute approximate surface area is 190 Å². The van der Waals surface area contributed by atoms with Gasteiger partial charge in [-0.1, -0.05) is 19.1 Å². The van der Waals surface area contributed by atoms with Gasteiger partial charge >= 0.3 is 0 Å². The van der Waals surface area contributed by atoms with E-state index in [4.69, 9.17) is 9.73 Å². The number of guanidine groups is 1. The Hall–Kier alpha value is -2.45. The minimum absolute atomic E-state index is 0.0984. The van der Waals surface area contributed by atoms with E-state index in [0.29, 0.717) is 18.5 Å².